The Bertz CT molecular complexity index is 757. The highest BCUT2D eigenvalue weighted by atomic mass is 35.5. The lowest BCUT2D eigenvalue weighted by Crippen LogP contribution is -2.46. The Kier molecular flexibility index (Phi) is 5.46. The number of nitrogens with one attached hydrogen (secondary N) is 1. The van der Waals surface area contributed by atoms with Crippen LogP contribution in [-0.2, 0) is 0 Å². The number of benzene rings is 2. The summed E-state index contributed by atoms with van der Waals surface area (Å²) in [5.74, 6) is -0.232. The standard InChI is InChI=1S/C19H23ClN4O/c1-2-23-9-11-24(12-10-23)18-8-7-14(21)13-17(18)22-19(25)15-5-3-4-6-16(15)20/h3-8,13H,2,9-12,21H2,1H3,(H,22,25). The molecule has 1 aliphatic rings. The highest BCUT2D eigenvalue weighted by molar-refractivity contribution is 6.34. The van der Waals surface area contributed by atoms with Gasteiger partial charge in [-0.15, -0.1) is 0 Å². The molecule has 1 fully saturated rings. The van der Waals surface area contributed by atoms with Gasteiger partial charge in [-0.05, 0) is 36.9 Å². The van der Waals surface area contributed by atoms with Crippen molar-refractivity contribution in [3.8, 4) is 0 Å². The molecule has 0 saturated carbocycles. The predicted octanol–water partition coefficient (Wildman–Crippen LogP) is 3.32. The topological polar surface area (TPSA) is 61.6 Å². The second-order valence-corrected chi connectivity index (χ2v) is 6.54. The molecule has 25 heavy (non-hydrogen) atoms. The van der Waals surface area contributed by atoms with E-state index < -0.39 is 0 Å². The number of amides is 1. The van der Waals surface area contributed by atoms with Crippen molar-refractivity contribution in [2.24, 2.45) is 0 Å². The average Bonchev–Trinajstić information content (AvgIpc) is 2.62. The molecule has 0 unspecified atom stereocenters. The summed E-state index contributed by atoms with van der Waals surface area (Å²) in [6, 6.07) is 12.7. The lowest BCUT2D eigenvalue weighted by molar-refractivity contribution is 0.102. The third kappa shape index (κ3) is 4.06. The highest BCUT2D eigenvalue weighted by Crippen LogP contribution is 2.30. The van der Waals surface area contributed by atoms with Gasteiger partial charge in [0, 0.05) is 31.9 Å². The third-order valence-electron chi connectivity index (χ3n) is 4.55. The number of carbonyl (C=O) groups is 1. The van der Waals surface area contributed by atoms with Crippen LogP contribution in [0, 0.1) is 0 Å². The van der Waals surface area contributed by atoms with Gasteiger partial charge in [0.05, 0.1) is 22.0 Å². The van der Waals surface area contributed by atoms with E-state index in [2.05, 4.69) is 22.0 Å². The summed E-state index contributed by atoms with van der Waals surface area (Å²) in [5.41, 5.74) is 8.72. The van der Waals surface area contributed by atoms with E-state index in [1.807, 2.05) is 12.1 Å². The van der Waals surface area contributed by atoms with Gasteiger partial charge in [0.25, 0.3) is 5.91 Å². The zero-order valence-electron chi connectivity index (χ0n) is 14.3. The first kappa shape index (κ1) is 17.6. The van der Waals surface area contributed by atoms with Crippen LogP contribution in [0.2, 0.25) is 5.02 Å². The first-order valence-corrected chi connectivity index (χ1v) is 8.89. The van der Waals surface area contributed by atoms with Gasteiger partial charge in [-0.3, -0.25) is 4.79 Å². The molecule has 1 aliphatic heterocycles. The molecule has 1 heterocycles. The van der Waals surface area contributed by atoms with E-state index in [0.717, 1.165) is 44.1 Å². The van der Waals surface area contributed by atoms with E-state index in [9.17, 15) is 4.79 Å². The van der Waals surface area contributed by atoms with Crippen molar-refractivity contribution in [2.75, 3.05) is 48.7 Å². The molecule has 0 aromatic heterocycles. The summed E-state index contributed by atoms with van der Waals surface area (Å²) in [4.78, 5) is 17.3. The Morgan fingerprint density at radius 3 is 2.56 bits per heavy atom. The maximum absolute atomic E-state index is 12.6. The molecule has 6 heteroatoms. The van der Waals surface area contributed by atoms with Gasteiger partial charge in [-0.2, -0.15) is 0 Å². The number of hydrogen-bond donors (Lipinski definition) is 2. The summed E-state index contributed by atoms with van der Waals surface area (Å²) in [5, 5.41) is 3.40. The van der Waals surface area contributed by atoms with Gasteiger partial charge in [-0.1, -0.05) is 30.7 Å². The summed E-state index contributed by atoms with van der Waals surface area (Å²) in [7, 11) is 0. The monoisotopic (exact) mass is 358 g/mol. The number of nitrogens with zero attached hydrogens (tertiary/aromatic N) is 2. The van der Waals surface area contributed by atoms with Crippen molar-refractivity contribution in [2.45, 2.75) is 6.92 Å². The molecule has 0 atom stereocenters. The Labute approximate surface area is 153 Å². The van der Waals surface area contributed by atoms with Gasteiger partial charge in [-0.25, -0.2) is 0 Å². The van der Waals surface area contributed by atoms with Crippen LogP contribution in [0.5, 0.6) is 0 Å². The quantitative estimate of drug-likeness (QED) is 0.823. The van der Waals surface area contributed by atoms with E-state index in [-0.39, 0.29) is 5.91 Å². The zero-order valence-corrected chi connectivity index (χ0v) is 15.1. The minimum Gasteiger partial charge on any atom is -0.399 e. The number of anilines is 3. The molecule has 1 amide bonds. The van der Waals surface area contributed by atoms with Crippen LogP contribution in [0.3, 0.4) is 0 Å². The Hall–Kier alpha value is -2.24. The molecular weight excluding hydrogens is 336 g/mol. The number of rotatable bonds is 4. The van der Waals surface area contributed by atoms with Crippen molar-refractivity contribution in [3.05, 3.63) is 53.1 Å². The van der Waals surface area contributed by atoms with Crippen molar-refractivity contribution in [1.29, 1.82) is 0 Å². The highest BCUT2D eigenvalue weighted by Gasteiger charge is 2.20. The fourth-order valence-electron chi connectivity index (χ4n) is 3.07. The van der Waals surface area contributed by atoms with Crippen LogP contribution in [0.25, 0.3) is 0 Å². The minimum atomic E-state index is -0.232. The molecular formula is C19H23ClN4O. The molecule has 0 aliphatic carbocycles. The number of halogens is 1. The number of nitrogen functional groups attached to an aromatic ring is 1. The average molecular weight is 359 g/mol. The van der Waals surface area contributed by atoms with Crippen molar-refractivity contribution in [1.82, 2.24) is 4.90 Å². The first-order valence-electron chi connectivity index (χ1n) is 8.51. The van der Waals surface area contributed by atoms with E-state index in [1.165, 1.54) is 0 Å². The van der Waals surface area contributed by atoms with Crippen LogP contribution in [-0.4, -0.2) is 43.5 Å². The Morgan fingerprint density at radius 2 is 1.88 bits per heavy atom. The Balaban J connectivity index is 1.83. The van der Waals surface area contributed by atoms with E-state index >= 15 is 0 Å². The largest absolute Gasteiger partial charge is 0.399 e. The summed E-state index contributed by atoms with van der Waals surface area (Å²) < 4.78 is 0. The van der Waals surface area contributed by atoms with Gasteiger partial charge in [0.1, 0.15) is 0 Å². The molecule has 3 rings (SSSR count). The van der Waals surface area contributed by atoms with Crippen molar-refractivity contribution in [3.63, 3.8) is 0 Å². The predicted molar refractivity (Wildman–Crippen MR) is 105 cm³/mol. The normalized spacial score (nSPS) is 15.2. The number of piperazine rings is 1. The summed E-state index contributed by atoms with van der Waals surface area (Å²) in [6.07, 6.45) is 0. The van der Waals surface area contributed by atoms with Crippen LogP contribution >= 0.6 is 11.6 Å². The number of nitrogens with two attached hydrogens (primary N) is 1. The number of likely N-dealkylation sites (N-methyl/N-ethyl adjacent to an activating group) is 1. The molecule has 2 aromatic rings. The van der Waals surface area contributed by atoms with Crippen LogP contribution < -0.4 is 16.0 Å². The van der Waals surface area contributed by atoms with Gasteiger partial charge >= 0.3 is 0 Å². The molecule has 0 radical (unpaired) electrons. The second kappa shape index (κ2) is 7.76. The fraction of sp³-hybridized carbons (Fsp3) is 0.316. The van der Waals surface area contributed by atoms with Gasteiger partial charge < -0.3 is 20.9 Å². The molecule has 132 valence electrons. The SMILES string of the molecule is CCN1CCN(c2ccc(N)cc2NC(=O)c2ccccc2Cl)CC1. The van der Waals surface area contributed by atoms with Crippen LogP contribution in [0.4, 0.5) is 17.1 Å². The first-order chi connectivity index (χ1) is 12.1. The zero-order chi connectivity index (χ0) is 17.8. The van der Waals surface area contributed by atoms with Crippen LogP contribution in [0.15, 0.2) is 42.5 Å². The minimum absolute atomic E-state index is 0.232. The summed E-state index contributed by atoms with van der Waals surface area (Å²) >= 11 is 6.14. The molecule has 1 saturated heterocycles. The summed E-state index contributed by atoms with van der Waals surface area (Å²) in [6.45, 7) is 7.11. The van der Waals surface area contributed by atoms with Gasteiger partial charge in [0.2, 0.25) is 0 Å². The molecule has 3 N–H and O–H groups in total. The second-order valence-electron chi connectivity index (χ2n) is 6.13. The lowest BCUT2D eigenvalue weighted by Gasteiger charge is -2.36. The smallest absolute Gasteiger partial charge is 0.257 e. The molecule has 0 bridgehead atoms. The maximum atomic E-state index is 12.6. The number of carbonyl (C=O) groups excluding carboxylic acids is 1. The fourth-order valence-corrected chi connectivity index (χ4v) is 3.29. The van der Waals surface area contributed by atoms with E-state index in [4.69, 9.17) is 17.3 Å². The molecule has 2 aromatic carbocycles. The van der Waals surface area contributed by atoms with Crippen LogP contribution in [0.1, 0.15) is 17.3 Å². The molecule has 5 nitrogen and oxygen atoms in total. The molecule has 0 spiro atoms. The van der Waals surface area contributed by atoms with E-state index in [1.54, 1.807) is 30.3 Å². The van der Waals surface area contributed by atoms with Crippen molar-refractivity contribution >= 4 is 34.6 Å². The van der Waals surface area contributed by atoms with E-state index in [0.29, 0.717) is 16.3 Å². The van der Waals surface area contributed by atoms with Gasteiger partial charge in [0.15, 0.2) is 0 Å². The third-order valence-corrected chi connectivity index (χ3v) is 4.88. The Morgan fingerprint density at radius 1 is 1.16 bits per heavy atom. The van der Waals surface area contributed by atoms with Crippen molar-refractivity contribution < 1.29 is 4.79 Å². The number of hydrogen-bond acceptors (Lipinski definition) is 4. The maximum Gasteiger partial charge on any atom is 0.257 e. The lowest BCUT2D eigenvalue weighted by atomic mass is 10.1.